The smallest absolute Gasteiger partial charge is 0.347 e. The van der Waals surface area contributed by atoms with Gasteiger partial charge in [0.2, 0.25) is 0 Å². The molecule has 2 rings (SSSR count). The summed E-state index contributed by atoms with van der Waals surface area (Å²) in [6.45, 7) is 4.17. The number of fused-ring (bicyclic) bond motifs is 1. The summed E-state index contributed by atoms with van der Waals surface area (Å²) in [6, 6.07) is 5.68. The number of aliphatic hydroxyl groups excluding tert-OH is 1. The third-order valence-corrected chi connectivity index (χ3v) is 3.78. The molecule has 116 valence electrons. The van der Waals surface area contributed by atoms with Crippen molar-refractivity contribution in [1.29, 1.82) is 0 Å². The topological polar surface area (TPSA) is 55.8 Å². The monoisotopic (exact) mass is 292 g/mol. The van der Waals surface area contributed by atoms with Crippen LogP contribution in [0.3, 0.4) is 0 Å². The number of esters is 1. The van der Waals surface area contributed by atoms with Gasteiger partial charge in [-0.2, -0.15) is 0 Å². The lowest BCUT2D eigenvalue weighted by Crippen LogP contribution is -2.29. The first-order chi connectivity index (χ1) is 10.2. The van der Waals surface area contributed by atoms with Crippen molar-refractivity contribution >= 4 is 5.97 Å². The summed E-state index contributed by atoms with van der Waals surface area (Å²) < 4.78 is 10.9. The van der Waals surface area contributed by atoms with Crippen LogP contribution >= 0.6 is 0 Å². The van der Waals surface area contributed by atoms with Gasteiger partial charge in [0.05, 0.1) is 12.7 Å². The molecule has 0 saturated heterocycles. The molecule has 0 aromatic heterocycles. The summed E-state index contributed by atoms with van der Waals surface area (Å²) in [5, 5.41) is 9.96. The van der Waals surface area contributed by atoms with Gasteiger partial charge in [-0.1, -0.05) is 19.4 Å². The van der Waals surface area contributed by atoms with Crippen LogP contribution in [0.4, 0.5) is 0 Å². The third-order valence-electron chi connectivity index (χ3n) is 3.78. The quantitative estimate of drug-likeness (QED) is 0.818. The van der Waals surface area contributed by atoms with Gasteiger partial charge in [0.15, 0.2) is 6.10 Å². The minimum atomic E-state index is -0.554. The van der Waals surface area contributed by atoms with Gasteiger partial charge in [-0.25, -0.2) is 4.79 Å². The van der Waals surface area contributed by atoms with E-state index in [1.54, 1.807) is 6.92 Å². The first-order valence-corrected chi connectivity index (χ1v) is 7.79. The van der Waals surface area contributed by atoms with E-state index in [9.17, 15) is 9.90 Å². The van der Waals surface area contributed by atoms with Gasteiger partial charge in [0, 0.05) is 0 Å². The highest BCUT2D eigenvalue weighted by Crippen LogP contribution is 2.32. The lowest BCUT2D eigenvalue weighted by atomic mass is 9.89. The van der Waals surface area contributed by atoms with Crippen molar-refractivity contribution < 1.29 is 19.4 Å². The molecule has 0 spiro atoms. The molecule has 2 unspecified atom stereocenters. The molecule has 0 aliphatic heterocycles. The standard InChI is InChI=1S/C17H24O4/c1-3-6-16(17(19)20-4-2)21-13-9-10-14-12(11-13)7-5-8-15(14)18/h9-11,15-16,18H,3-8H2,1-2H3. The van der Waals surface area contributed by atoms with E-state index in [1.165, 1.54) is 0 Å². The lowest BCUT2D eigenvalue weighted by Gasteiger charge is -2.23. The molecule has 0 saturated carbocycles. The zero-order valence-electron chi connectivity index (χ0n) is 12.8. The molecule has 21 heavy (non-hydrogen) atoms. The molecule has 1 aliphatic carbocycles. The number of hydrogen-bond acceptors (Lipinski definition) is 4. The van der Waals surface area contributed by atoms with Gasteiger partial charge in [0.1, 0.15) is 5.75 Å². The van der Waals surface area contributed by atoms with Crippen LogP contribution in [0, 0.1) is 0 Å². The molecule has 2 atom stereocenters. The molecule has 1 aromatic carbocycles. The Hall–Kier alpha value is -1.55. The molecular formula is C17H24O4. The predicted octanol–water partition coefficient (Wildman–Crippen LogP) is 3.17. The van der Waals surface area contributed by atoms with Crippen molar-refractivity contribution in [2.45, 2.75) is 58.2 Å². The number of aryl methyl sites for hydroxylation is 1. The molecule has 0 amide bonds. The van der Waals surface area contributed by atoms with E-state index >= 15 is 0 Å². The summed E-state index contributed by atoms with van der Waals surface area (Å²) in [7, 11) is 0. The van der Waals surface area contributed by atoms with Crippen LogP contribution in [0.1, 0.15) is 56.8 Å². The van der Waals surface area contributed by atoms with Crippen LogP contribution < -0.4 is 4.74 Å². The van der Waals surface area contributed by atoms with Crippen molar-refractivity contribution in [3.8, 4) is 5.75 Å². The second kappa shape index (κ2) is 7.46. The summed E-state index contributed by atoms with van der Waals surface area (Å²) in [5.74, 6) is 0.367. The first-order valence-electron chi connectivity index (χ1n) is 7.79. The van der Waals surface area contributed by atoms with Crippen LogP contribution in [-0.2, 0) is 16.0 Å². The summed E-state index contributed by atoms with van der Waals surface area (Å²) in [4.78, 5) is 11.9. The number of rotatable bonds is 6. The van der Waals surface area contributed by atoms with Crippen molar-refractivity contribution in [3.63, 3.8) is 0 Å². The van der Waals surface area contributed by atoms with Crippen LogP contribution in [0.2, 0.25) is 0 Å². The number of ether oxygens (including phenoxy) is 2. The highest BCUT2D eigenvalue weighted by atomic mass is 16.6. The normalized spacial score (nSPS) is 18.7. The Morgan fingerprint density at radius 2 is 2.24 bits per heavy atom. The molecule has 4 nitrogen and oxygen atoms in total. The molecule has 4 heteroatoms. The Labute approximate surface area is 126 Å². The molecule has 0 radical (unpaired) electrons. The zero-order valence-corrected chi connectivity index (χ0v) is 12.8. The fourth-order valence-corrected chi connectivity index (χ4v) is 2.72. The zero-order chi connectivity index (χ0) is 15.2. The van der Waals surface area contributed by atoms with Crippen molar-refractivity contribution in [3.05, 3.63) is 29.3 Å². The maximum absolute atomic E-state index is 11.9. The van der Waals surface area contributed by atoms with Gasteiger partial charge in [0.25, 0.3) is 0 Å². The van der Waals surface area contributed by atoms with E-state index in [-0.39, 0.29) is 12.1 Å². The molecular weight excluding hydrogens is 268 g/mol. The number of aliphatic hydroxyl groups is 1. The van der Waals surface area contributed by atoms with E-state index in [0.29, 0.717) is 18.8 Å². The Morgan fingerprint density at radius 3 is 2.95 bits per heavy atom. The van der Waals surface area contributed by atoms with Gasteiger partial charge in [-0.15, -0.1) is 0 Å². The second-order valence-corrected chi connectivity index (χ2v) is 5.42. The Morgan fingerprint density at radius 1 is 1.43 bits per heavy atom. The fraction of sp³-hybridized carbons (Fsp3) is 0.588. The Kier molecular flexibility index (Phi) is 5.62. The maximum atomic E-state index is 11.9. The Bertz CT molecular complexity index is 484. The number of carbonyl (C=O) groups excluding carboxylic acids is 1. The largest absolute Gasteiger partial charge is 0.479 e. The minimum Gasteiger partial charge on any atom is -0.479 e. The molecule has 1 aliphatic rings. The number of hydrogen-bond donors (Lipinski definition) is 1. The third kappa shape index (κ3) is 3.97. The minimum absolute atomic E-state index is 0.308. The fourth-order valence-electron chi connectivity index (χ4n) is 2.72. The van der Waals surface area contributed by atoms with Gasteiger partial charge in [-0.3, -0.25) is 0 Å². The molecule has 1 aromatic rings. The average molecular weight is 292 g/mol. The highest BCUT2D eigenvalue weighted by molar-refractivity contribution is 5.75. The van der Waals surface area contributed by atoms with Crippen LogP contribution in [0.15, 0.2) is 18.2 Å². The van der Waals surface area contributed by atoms with Gasteiger partial charge < -0.3 is 14.6 Å². The van der Waals surface area contributed by atoms with E-state index in [4.69, 9.17) is 9.47 Å². The first kappa shape index (κ1) is 15.8. The van der Waals surface area contributed by atoms with Crippen molar-refractivity contribution in [1.82, 2.24) is 0 Å². The highest BCUT2D eigenvalue weighted by Gasteiger charge is 2.23. The van der Waals surface area contributed by atoms with E-state index in [2.05, 4.69) is 0 Å². The summed E-state index contributed by atoms with van der Waals surface area (Å²) in [5.41, 5.74) is 2.10. The summed E-state index contributed by atoms with van der Waals surface area (Å²) >= 11 is 0. The molecule has 1 N–H and O–H groups in total. The van der Waals surface area contributed by atoms with Crippen molar-refractivity contribution in [2.75, 3.05) is 6.61 Å². The van der Waals surface area contributed by atoms with Crippen LogP contribution in [-0.4, -0.2) is 23.8 Å². The molecule has 0 fully saturated rings. The second-order valence-electron chi connectivity index (χ2n) is 5.42. The van der Waals surface area contributed by atoms with E-state index in [0.717, 1.165) is 36.8 Å². The molecule has 0 bridgehead atoms. The van der Waals surface area contributed by atoms with E-state index < -0.39 is 6.10 Å². The van der Waals surface area contributed by atoms with Gasteiger partial charge >= 0.3 is 5.97 Å². The molecule has 0 heterocycles. The van der Waals surface area contributed by atoms with Gasteiger partial charge in [-0.05, 0) is 55.9 Å². The number of carbonyl (C=O) groups is 1. The lowest BCUT2D eigenvalue weighted by molar-refractivity contribution is -0.151. The summed E-state index contributed by atoms with van der Waals surface area (Å²) in [6.07, 6.45) is 3.30. The van der Waals surface area contributed by atoms with Crippen LogP contribution in [0.5, 0.6) is 5.75 Å². The van der Waals surface area contributed by atoms with E-state index in [1.807, 2.05) is 25.1 Å². The SMILES string of the molecule is CCCC(Oc1ccc2c(c1)CCCC2O)C(=O)OCC. The Balaban J connectivity index is 2.11. The predicted molar refractivity (Wildman–Crippen MR) is 80.3 cm³/mol. The average Bonchev–Trinajstić information content (AvgIpc) is 2.47. The van der Waals surface area contributed by atoms with Crippen molar-refractivity contribution in [2.24, 2.45) is 0 Å². The number of benzene rings is 1. The maximum Gasteiger partial charge on any atom is 0.347 e. The van der Waals surface area contributed by atoms with Crippen LogP contribution in [0.25, 0.3) is 0 Å².